The molecule has 0 N–H and O–H groups in total. The molecule has 0 aromatic rings. The van der Waals surface area contributed by atoms with Crippen molar-refractivity contribution in [2.24, 2.45) is 0 Å². The fraction of sp³-hybridized carbons (Fsp3) is 0.636. The summed E-state index contributed by atoms with van der Waals surface area (Å²) in [5, 5.41) is 0. The summed E-state index contributed by atoms with van der Waals surface area (Å²) in [6, 6.07) is 0. The second kappa shape index (κ2) is 6.35. The molecule has 1 rings (SSSR count). The molecule has 0 fully saturated rings. The van der Waals surface area contributed by atoms with Gasteiger partial charge in [0, 0.05) is 0 Å². The molecule has 0 bridgehead atoms. The first-order valence-electron chi connectivity index (χ1n) is 5.16. The monoisotopic (exact) mass is 198 g/mol. The Kier molecular flexibility index (Phi) is 4.97. The van der Waals surface area contributed by atoms with E-state index in [0.717, 1.165) is 25.2 Å². The van der Waals surface area contributed by atoms with Crippen molar-refractivity contribution in [2.45, 2.75) is 26.7 Å². The first-order valence-corrected chi connectivity index (χ1v) is 5.16. The van der Waals surface area contributed by atoms with Crippen LogP contribution in [0.15, 0.2) is 23.9 Å². The minimum absolute atomic E-state index is 0.567. The topological polar surface area (TPSA) is 27.7 Å². The van der Waals surface area contributed by atoms with E-state index >= 15 is 0 Å². The Balaban J connectivity index is 2.44. The van der Waals surface area contributed by atoms with Crippen LogP contribution in [0, 0.1) is 0 Å². The first kappa shape index (κ1) is 11.0. The third kappa shape index (κ3) is 3.32. The fourth-order valence-corrected chi connectivity index (χ4v) is 1.07. The van der Waals surface area contributed by atoms with Gasteiger partial charge in [-0.3, -0.25) is 0 Å². The fourth-order valence-electron chi connectivity index (χ4n) is 1.07. The van der Waals surface area contributed by atoms with E-state index in [1.807, 2.05) is 6.08 Å². The zero-order valence-corrected chi connectivity index (χ0v) is 8.91. The van der Waals surface area contributed by atoms with Crippen molar-refractivity contribution in [3.8, 4) is 0 Å². The third-order valence-corrected chi connectivity index (χ3v) is 1.72. The van der Waals surface area contributed by atoms with Crippen molar-refractivity contribution in [3.63, 3.8) is 0 Å². The van der Waals surface area contributed by atoms with E-state index < -0.39 is 0 Å². The Morgan fingerprint density at radius 3 is 2.43 bits per heavy atom. The molecule has 80 valence electrons. The smallest absolute Gasteiger partial charge is 0.195 e. The molecule has 3 nitrogen and oxygen atoms in total. The summed E-state index contributed by atoms with van der Waals surface area (Å²) < 4.78 is 16.2. The number of hydrogen-bond acceptors (Lipinski definition) is 3. The highest BCUT2D eigenvalue weighted by Gasteiger charge is 2.11. The van der Waals surface area contributed by atoms with Gasteiger partial charge >= 0.3 is 0 Å². The summed E-state index contributed by atoms with van der Waals surface area (Å²) in [6.07, 6.45) is 5.51. The van der Waals surface area contributed by atoms with Crippen molar-refractivity contribution in [2.75, 3.05) is 19.8 Å². The molecule has 0 saturated carbocycles. The highest BCUT2D eigenvalue weighted by atomic mass is 16.5. The van der Waals surface area contributed by atoms with E-state index in [-0.39, 0.29) is 0 Å². The Morgan fingerprint density at radius 1 is 1.14 bits per heavy atom. The lowest BCUT2D eigenvalue weighted by Crippen LogP contribution is -2.08. The summed E-state index contributed by atoms with van der Waals surface area (Å²) in [4.78, 5) is 0. The van der Waals surface area contributed by atoms with Gasteiger partial charge in [-0.15, -0.1) is 0 Å². The van der Waals surface area contributed by atoms with E-state index in [1.54, 1.807) is 6.26 Å². The number of rotatable bonds is 6. The Bertz CT molecular complexity index is 195. The summed E-state index contributed by atoms with van der Waals surface area (Å²) in [6.45, 7) is 6.13. The molecule has 0 aromatic carbocycles. The Morgan fingerprint density at radius 2 is 1.79 bits per heavy atom. The minimum atomic E-state index is 0.567. The summed E-state index contributed by atoms with van der Waals surface area (Å²) in [7, 11) is 0. The molecule has 1 aliphatic rings. The molecule has 0 spiro atoms. The van der Waals surface area contributed by atoms with Crippen LogP contribution in [0.1, 0.15) is 26.7 Å². The third-order valence-electron chi connectivity index (χ3n) is 1.72. The molecular formula is C11H18O3. The zero-order chi connectivity index (χ0) is 10.2. The van der Waals surface area contributed by atoms with E-state index in [1.165, 1.54) is 0 Å². The second-order valence-electron chi connectivity index (χ2n) is 3.08. The summed E-state index contributed by atoms with van der Waals surface area (Å²) in [5.74, 6) is 1.53. The molecule has 14 heavy (non-hydrogen) atoms. The van der Waals surface area contributed by atoms with Crippen LogP contribution in [0.25, 0.3) is 0 Å². The van der Waals surface area contributed by atoms with E-state index in [4.69, 9.17) is 14.2 Å². The van der Waals surface area contributed by atoms with Gasteiger partial charge in [-0.05, 0) is 18.9 Å². The van der Waals surface area contributed by atoms with Crippen LogP contribution in [-0.4, -0.2) is 19.8 Å². The highest BCUT2D eigenvalue weighted by molar-refractivity contribution is 5.21. The highest BCUT2D eigenvalue weighted by Crippen LogP contribution is 2.17. The normalized spacial score (nSPS) is 15.3. The molecule has 1 heterocycles. The standard InChI is InChI=1S/C11H18O3/c1-3-6-13-10-5-8-12-9-11(10)14-7-4-2/h5,9H,3-4,6-8H2,1-2H3. The van der Waals surface area contributed by atoms with Crippen LogP contribution in [0.3, 0.4) is 0 Å². The summed E-state index contributed by atoms with van der Waals surface area (Å²) in [5.41, 5.74) is 0. The lowest BCUT2D eigenvalue weighted by molar-refractivity contribution is 0.124. The molecule has 0 amide bonds. The van der Waals surface area contributed by atoms with Crippen LogP contribution in [0.4, 0.5) is 0 Å². The van der Waals surface area contributed by atoms with Crippen LogP contribution in [0.5, 0.6) is 0 Å². The number of ether oxygens (including phenoxy) is 3. The van der Waals surface area contributed by atoms with Crippen LogP contribution in [0.2, 0.25) is 0 Å². The second-order valence-corrected chi connectivity index (χ2v) is 3.08. The predicted molar refractivity (Wildman–Crippen MR) is 54.6 cm³/mol. The van der Waals surface area contributed by atoms with E-state index in [9.17, 15) is 0 Å². The average Bonchev–Trinajstić information content (AvgIpc) is 2.24. The molecule has 0 aliphatic carbocycles. The molecule has 3 heteroatoms. The van der Waals surface area contributed by atoms with Crippen LogP contribution >= 0.6 is 0 Å². The van der Waals surface area contributed by atoms with E-state index in [2.05, 4.69) is 13.8 Å². The van der Waals surface area contributed by atoms with Gasteiger partial charge in [0.2, 0.25) is 0 Å². The minimum Gasteiger partial charge on any atom is -0.493 e. The van der Waals surface area contributed by atoms with Crippen molar-refractivity contribution in [1.82, 2.24) is 0 Å². The van der Waals surface area contributed by atoms with Gasteiger partial charge in [0.1, 0.15) is 12.9 Å². The number of hydrogen-bond donors (Lipinski definition) is 0. The molecule has 1 aliphatic heterocycles. The predicted octanol–water partition coefficient (Wildman–Crippen LogP) is 2.60. The van der Waals surface area contributed by atoms with Gasteiger partial charge in [-0.2, -0.15) is 0 Å². The van der Waals surface area contributed by atoms with Crippen LogP contribution < -0.4 is 0 Å². The van der Waals surface area contributed by atoms with Crippen LogP contribution in [-0.2, 0) is 14.2 Å². The maximum absolute atomic E-state index is 5.53. The van der Waals surface area contributed by atoms with E-state index in [0.29, 0.717) is 19.0 Å². The Labute approximate surface area is 85.3 Å². The average molecular weight is 198 g/mol. The van der Waals surface area contributed by atoms with Gasteiger partial charge in [0.25, 0.3) is 0 Å². The van der Waals surface area contributed by atoms with Crippen molar-refractivity contribution >= 4 is 0 Å². The maximum atomic E-state index is 5.53. The lowest BCUT2D eigenvalue weighted by atomic mass is 10.3. The molecule has 0 unspecified atom stereocenters. The van der Waals surface area contributed by atoms with Gasteiger partial charge in [0.05, 0.1) is 13.2 Å². The Hall–Kier alpha value is -1.12. The van der Waals surface area contributed by atoms with Crippen molar-refractivity contribution < 1.29 is 14.2 Å². The van der Waals surface area contributed by atoms with Gasteiger partial charge in [-0.25, -0.2) is 0 Å². The zero-order valence-electron chi connectivity index (χ0n) is 8.91. The molecular weight excluding hydrogens is 180 g/mol. The molecule has 0 saturated heterocycles. The largest absolute Gasteiger partial charge is 0.493 e. The summed E-state index contributed by atoms with van der Waals surface area (Å²) >= 11 is 0. The quantitative estimate of drug-likeness (QED) is 0.656. The first-order chi connectivity index (χ1) is 6.88. The lowest BCUT2D eigenvalue weighted by Gasteiger charge is -2.17. The van der Waals surface area contributed by atoms with Gasteiger partial charge in [0.15, 0.2) is 11.5 Å². The van der Waals surface area contributed by atoms with Crippen molar-refractivity contribution in [3.05, 3.63) is 23.9 Å². The molecule has 0 aromatic heterocycles. The molecule has 0 radical (unpaired) electrons. The van der Waals surface area contributed by atoms with Crippen molar-refractivity contribution in [1.29, 1.82) is 0 Å². The molecule has 0 atom stereocenters. The van der Waals surface area contributed by atoms with Gasteiger partial charge in [-0.1, -0.05) is 13.8 Å². The van der Waals surface area contributed by atoms with Gasteiger partial charge < -0.3 is 14.2 Å². The maximum Gasteiger partial charge on any atom is 0.195 e. The SMILES string of the molecule is CCCOC1=CCOC=C1OCCC.